The van der Waals surface area contributed by atoms with Gasteiger partial charge in [0, 0.05) is 24.7 Å². The summed E-state index contributed by atoms with van der Waals surface area (Å²) in [6.07, 6.45) is 1.63. The highest BCUT2D eigenvalue weighted by molar-refractivity contribution is 5.75. The first kappa shape index (κ1) is 23.7. The predicted molar refractivity (Wildman–Crippen MR) is 96.6 cm³/mol. The van der Waals surface area contributed by atoms with Crippen molar-refractivity contribution in [3.8, 4) is 0 Å². The summed E-state index contributed by atoms with van der Waals surface area (Å²) in [6.45, 7) is 2.02. The summed E-state index contributed by atoms with van der Waals surface area (Å²) in [4.78, 5) is 10.4. The Bertz CT molecular complexity index is 634. The van der Waals surface area contributed by atoms with E-state index in [-0.39, 0.29) is 18.6 Å². The molecule has 2 fully saturated rings. The van der Waals surface area contributed by atoms with Crippen LogP contribution in [0.15, 0.2) is 24.0 Å². The molecule has 0 aromatic carbocycles. The second-order valence-electron chi connectivity index (χ2n) is 7.77. The van der Waals surface area contributed by atoms with Gasteiger partial charge in [0.15, 0.2) is 6.10 Å². The van der Waals surface area contributed by atoms with Crippen LogP contribution in [0, 0.1) is 11.8 Å². The number of aliphatic hydroxyl groups excluding tert-OH is 2. The standard InChI is InChI=1S/C20H28F4O5/c1-2-3-4-6-12(25)8-9-14-15-11-13(7-5-10-19(21,22)18(27)28)29-17(15)20(23,24)16(14)26/h7-9,12,14-17,25-26H,2-6,10-11H2,1H3,(H,27,28)/t12-,14+,15+,16-,17+/m0/s1. The maximum Gasteiger partial charge on any atom is 0.374 e. The van der Waals surface area contributed by atoms with E-state index in [1.807, 2.05) is 6.92 Å². The first-order valence-corrected chi connectivity index (χ1v) is 9.89. The topological polar surface area (TPSA) is 87.0 Å². The van der Waals surface area contributed by atoms with E-state index >= 15 is 0 Å². The minimum Gasteiger partial charge on any atom is -0.488 e. The molecule has 1 aliphatic heterocycles. The van der Waals surface area contributed by atoms with E-state index in [1.54, 1.807) is 0 Å². The fourth-order valence-corrected chi connectivity index (χ4v) is 3.86. The maximum atomic E-state index is 14.4. The predicted octanol–water partition coefficient (Wildman–Crippen LogP) is 3.90. The molecule has 1 heterocycles. The van der Waals surface area contributed by atoms with Gasteiger partial charge in [0.2, 0.25) is 0 Å². The molecular weight excluding hydrogens is 396 g/mol. The number of carbonyl (C=O) groups is 1. The summed E-state index contributed by atoms with van der Waals surface area (Å²) >= 11 is 0. The van der Waals surface area contributed by atoms with Gasteiger partial charge in [-0.3, -0.25) is 0 Å². The number of fused-ring (bicyclic) bond motifs is 1. The molecule has 1 aliphatic carbocycles. The number of carboxylic acids is 1. The van der Waals surface area contributed by atoms with Gasteiger partial charge in [-0.1, -0.05) is 38.3 Å². The van der Waals surface area contributed by atoms with Crippen LogP contribution in [0.1, 0.15) is 51.9 Å². The molecule has 0 amide bonds. The zero-order valence-electron chi connectivity index (χ0n) is 16.2. The maximum absolute atomic E-state index is 14.4. The van der Waals surface area contributed by atoms with E-state index in [0.29, 0.717) is 6.42 Å². The molecular formula is C20H28F4O5. The molecule has 166 valence electrons. The number of carboxylic acid groups (broad SMARTS) is 1. The molecule has 5 atom stereocenters. The fraction of sp³-hybridized carbons (Fsp3) is 0.750. The number of ether oxygens (including phenoxy) is 1. The van der Waals surface area contributed by atoms with E-state index in [1.165, 1.54) is 18.2 Å². The molecule has 9 heteroatoms. The number of allylic oxidation sites excluding steroid dienone is 2. The first-order chi connectivity index (χ1) is 13.5. The van der Waals surface area contributed by atoms with Gasteiger partial charge in [-0.2, -0.15) is 17.6 Å². The lowest BCUT2D eigenvalue weighted by molar-refractivity contribution is -0.165. The van der Waals surface area contributed by atoms with Gasteiger partial charge < -0.3 is 20.1 Å². The Morgan fingerprint density at radius 3 is 2.69 bits per heavy atom. The Hall–Kier alpha value is -1.61. The van der Waals surface area contributed by atoms with Gasteiger partial charge in [0.05, 0.1) is 11.9 Å². The van der Waals surface area contributed by atoms with Crippen LogP contribution >= 0.6 is 0 Å². The highest BCUT2D eigenvalue weighted by atomic mass is 19.3. The zero-order chi connectivity index (χ0) is 21.8. The third-order valence-electron chi connectivity index (χ3n) is 5.54. The molecule has 3 N–H and O–H groups in total. The molecule has 0 unspecified atom stereocenters. The van der Waals surface area contributed by atoms with E-state index in [0.717, 1.165) is 19.3 Å². The number of hydrogen-bond donors (Lipinski definition) is 3. The summed E-state index contributed by atoms with van der Waals surface area (Å²) < 4.78 is 60.3. The molecule has 0 radical (unpaired) electrons. The Balaban J connectivity index is 2.02. The van der Waals surface area contributed by atoms with Gasteiger partial charge in [-0.25, -0.2) is 4.79 Å². The van der Waals surface area contributed by atoms with Crippen molar-refractivity contribution in [3.63, 3.8) is 0 Å². The van der Waals surface area contributed by atoms with Gasteiger partial charge >= 0.3 is 17.8 Å². The molecule has 0 spiro atoms. The minimum atomic E-state index is -3.90. The van der Waals surface area contributed by atoms with Crippen LogP contribution in [0.25, 0.3) is 0 Å². The number of aliphatic carboxylic acids is 1. The normalized spacial score (nSPS) is 31.2. The van der Waals surface area contributed by atoms with Crippen molar-refractivity contribution in [2.24, 2.45) is 11.8 Å². The molecule has 1 saturated heterocycles. The molecule has 29 heavy (non-hydrogen) atoms. The van der Waals surface area contributed by atoms with E-state index in [9.17, 15) is 32.6 Å². The van der Waals surface area contributed by atoms with E-state index in [4.69, 9.17) is 9.84 Å². The van der Waals surface area contributed by atoms with Crippen LogP contribution in [0.2, 0.25) is 0 Å². The van der Waals surface area contributed by atoms with Crippen LogP contribution in [-0.4, -0.2) is 51.4 Å². The average molecular weight is 424 g/mol. The lowest BCUT2D eigenvalue weighted by Gasteiger charge is -2.21. The minimum absolute atomic E-state index is 0.0247. The average Bonchev–Trinajstić information content (AvgIpc) is 3.12. The largest absolute Gasteiger partial charge is 0.488 e. The SMILES string of the molecule is CCCCC[C@H](O)C=C[C@@H]1[C@H]2CC(=CCCC(F)(F)C(=O)O)O[C@H]2C(F)(F)[C@H]1O. The molecule has 0 bridgehead atoms. The van der Waals surface area contributed by atoms with Crippen LogP contribution in [0.4, 0.5) is 17.6 Å². The van der Waals surface area contributed by atoms with E-state index < -0.39 is 54.4 Å². The lowest BCUT2D eigenvalue weighted by atomic mass is 9.90. The van der Waals surface area contributed by atoms with Crippen molar-refractivity contribution < 1.29 is 42.4 Å². The Kier molecular flexibility index (Phi) is 7.73. The quantitative estimate of drug-likeness (QED) is 0.281. The van der Waals surface area contributed by atoms with Crippen molar-refractivity contribution in [3.05, 3.63) is 24.0 Å². The van der Waals surface area contributed by atoms with Gasteiger partial charge in [-0.05, 0) is 18.9 Å². The summed E-state index contributed by atoms with van der Waals surface area (Å²) in [6, 6.07) is 0. The van der Waals surface area contributed by atoms with Crippen molar-refractivity contribution in [2.75, 3.05) is 0 Å². The summed E-state index contributed by atoms with van der Waals surface area (Å²) in [5.41, 5.74) is 0. The number of alkyl halides is 4. The van der Waals surface area contributed by atoms with E-state index in [2.05, 4.69) is 0 Å². The number of hydrogen-bond acceptors (Lipinski definition) is 4. The Labute approximate surface area is 167 Å². The van der Waals surface area contributed by atoms with Crippen LogP contribution in [0.5, 0.6) is 0 Å². The third-order valence-corrected chi connectivity index (χ3v) is 5.54. The van der Waals surface area contributed by atoms with Gasteiger partial charge in [0.25, 0.3) is 0 Å². The van der Waals surface area contributed by atoms with Crippen LogP contribution in [0.3, 0.4) is 0 Å². The Morgan fingerprint density at radius 2 is 2.07 bits per heavy atom. The molecule has 5 nitrogen and oxygen atoms in total. The van der Waals surface area contributed by atoms with Crippen LogP contribution in [-0.2, 0) is 9.53 Å². The third kappa shape index (κ3) is 5.51. The number of halogens is 4. The van der Waals surface area contributed by atoms with Gasteiger partial charge in [0.1, 0.15) is 6.10 Å². The smallest absolute Gasteiger partial charge is 0.374 e. The zero-order valence-corrected chi connectivity index (χ0v) is 16.2. The first-order valence-electron chi connectivity index (χ1n) is 9.89. The monoisotopic (exact) mass is 424 g/mol. The molecule has 0 aromatic heterocycles. The molecule has 2 rings (SSSR count). The second-order valence-corrected chi connectivity index (χ2v) is 7.77. The highest BCUT2D eigenvalue weighted by Crippen LogP contribution is 2.53. The summed E-state index contributed by atoms with van der Waals surface area (Å²) in [5, 5.41) is 28.4. The van der Waals surface area contributed by atoms with Gasteiger partial charge in [-0.15, -0.1) is 0 Å². The molecule has 1 saturated carbocycles. The molecule has 2 aliphatic rings. The number of rotatable bonds is 10. The fourth-order valence-electron chi connectivity index (χ4n) is 3.86. The van der Waals surface area contributed by atoms with Crippen molar-refractivity contribution >= 4 is 5.97 Å². The van der Waals surface area contributed by atoms with Crippen molar-refractivity contribution in [1.82, 2.24) is 0 Å². The summed E-state index contributed by atoms with van der Waals surface area (Å²) in [5.74, 6) is -11.3. The van der Waals surface area contributed by atoms with Crippen molar-refractivity contribution in [2.45, 2.75) is 82.0 Å². The second kappa shape index (κ2) is 9.47. The Morgan fingerprint density at radius 1 is 1.38 bits per heavy atom. The highest BCUT2D eigenvalue weighted by Gasteiger charge is 2.65. The van der Waals surface area contributed by atoms with Crippen molar-refractivity contribution in [1.29, 1.82) is 0 Å². The summed E-state index contributed by atoms with van der Waals surface area (Å²) in [7, 11) is 0. The lowest BCUT2D eigenvalue weighted by Crippen LogP contribution is -2.39. The number of aliphatic hydroxyl groups is 2. The van der Waals surface area contributed by atoms with Crippen LogP contribution < -0.4 is 0 Å². The number of unbranched alkanes of at least 4 members (excludes halogenated alkanes) is 2. The molecule has 0 aromatic rings.